The number of aromatic nitrogens is 2. The molecule has 0 atom stereocenters. The molecular weight excluding hydrogens is 366 g/mol. The Labute approximate surface area is 172 Å². The Balaban J connectivity index is 1.69. The SMILES string of the molecule is CCCCNc1cc(NC2CCN(C(=O)OCC)CC2)nc(-c2ccccc2)n1. The minimum Gasteiger partial charge on any atom is -0.450 e. The van der Waals surface area contributed by atoms with Gasteiger partial charge in [-0.25, -0.2) is 14.8 Å². The summed E-state index contributed by atoms with van der Waals surface area (Å²) in [5.41, 5.74) is 0.992. The monoisotopic (exact) mass is 397 g/mol. The highest BCUT2D eigenvalue weighted by Gasteiger charge is 2.24. The number of nitrogens with one attached hydrogen (secondary N) is 2. The number of amides is 1. The first-order chi connectivity index (χ1) is 14.2. The van der Waals surface area contributed by atoms with E-state index < -0.39 is 0 Å². The van der Waals surface area contributed by atoms with Crippen molar-refractivity contribution in [3.63, 3.8) is 0 Å². The van der Waals surface area contributed by atoms with Crippen molar-refractivity contribution in [1.82, 2.24) is 14.9 Å². The molecule has 29 heavy (non-hydrogen) atoms. The third-order valence-corrected chi connectivity index (χ3v) is 4.97. The van der Waals surface area contributed by atoms with Gasteiger partial charge in [0, 0.05) is 37.3 Å². The Kier molecular flexibility index (Phi) is 7.67. The van der Waals surface area contributed by atoms with Crippen LogP contribution in [0.2, 0.25) is 0 Å². The molecule has 1 amide bonds. The van der Waals surface area contributed by atoms with Crippen LogP contribution in [0, 0.1) is 0 Å². The van der Waals surface area contributed by atoms with Crippen molar-refractivity contribution in [2.75, 3.05) is 36.9 Å². The highest BCUT2D eigenvalue weighted by atomic mass is 16.6. The average molecular weight is 398 g/mol. The fourth-order valence-electron chi connectivity index (χ4n) is 3.35. The normalized spacial score (nSPS) is 14.5. The number of hydrogen-bond donors (Lipinski definition) is 2. The number of piperidine rings is 1. The van der Waals surface area contributed by atoms with Gasteiger partial charge in [0.1, 0.15) is 11.6 Å². The van der Waals surface area contributed by atoms with Crippen LogP contribution in [0.25, 0.3) is 11.4 Å². The second-order valence-electron chi connectivity index (χ2n) is 7.21. The summed E-state index contributed by atoms with van der Waals surface area (Å²) >= 11 is 0. The third-order valence-electron chi connectivity index (χ3n) is 4.97. The highest BCUT2D eigenvalue weighted by Crippen LogP contribution is 2.22. The van der Waals surface area contributed by atoms with Crippen LogP contribution < -0.4 is 10.6 Å². The molecule has 1 aliphatic rings. The zero-order valence-electron chi connectivity index (χ0n) is 17.4. The van der Waals surface area contributed by atoms with Crippen LogP contribution in [0.5, 0.6) is 0 Å². The van der Waals surface area contributed by atoms with Gasteiger partial charge in [-0.1, -0.05) is 43.7 Å². The van der Waals surface area contributed by atoms with E-state index in [1.807, 2.05) is 43.3 Å². The number of anilines is 2. The first-order valence-electron chi connectivity index (χ1n) is 10.6. The summed E-state index contributed by atoms with van der Waals surface area (Å²) in [6.07, 6.45) is 3.74. The molecule has 2 N–H and O–H groups in total. The topological polar surface area (TPSA) is 79.4 Å². The largest absolute Gasteiger partial charge is 0.450 e. The second kappa shape index (κ2) is 10.6. The number of rotatable bonds is 8. The van der Waals surface area contributed by atoms with Crippen LogP contribution in [0.1, 0.15) is 39.5 Å². The third kappa shape index (κ3) is 6.07. The lowest BCUT2D eigenvalue weighted by Crippen LogP contribution is -2.42. The lowest BCUT2D eigenvalue weighted by Gasteiger charge is -2.32. The van der Waals surface area contributed by atoms with Gasteiger partial charge in [-0.05, 0) is 26.2 Å². The second-order valence-corrected chi connectivity index (χ2v) is 7.21. The summed E-state index contributed by atoms with van der Waals surface area (Å²) in [5.74, 6) is 2.35. The summed E-state index contributed by atoms with van der Waals surface area (Å²) < 4.78 is 5.10. The van der Waals surface area contributed by atoms with Gasteiger partial charge in [-0.3, -0.25) is 0 Å². The maximum absolute atomic E-state index is 11.9. The lowest BCUT2D eigenvalue weighted by molar-refractivity contribution is 0.0983. The molecule has 1 aliphatic heterocycles. The van der Waals surface area contributed by atoms with Gasteiger partial charge in [-0.15, -0.1) is 0 Å². The lowest BCUT2D eigenvalue weighted by atomic mass is 10.1. The zero-order valence-corrected chi connectivity index (χ0v) is 17.4. The summed E-state index contributed by atoms with van der Waals surface area (Å²) in [6, 6.07) is 12.3. The van der Waals surface area contributed by atoms with Crippen molar-refractivity contribution >= 4 is 17.7 Å². The molecule has 1 fully saturated rings. The Hall–Kier alpha value is -2.83. The standard InChI is InChI=1S/C22H31N5O2/c1-3-5-13-23-19-16-20(26-21(25-19)17-9-7-6-8-10-17)24-18-11-14-27(15-12-18)22(28)29-4-2/h6-10,16,18H,3-5,11-15H2,1-2H3,(H2,23,24,25,26). The van der Waals surface area contributed by atoms with E-state index in [1.165, 1.54) is 0 Å². The molecule has 7 heteroatoms. The molecule has 0 aliphatic carbocycles. The number of nitrogens with zero attached hydrogens (tertiary/aromatic N) is 3. The molecule has 7 nitrogen and oxygen atoms in total. The van der Waals surface area contributed by atoms with Crippen LogP contribution in [0.15, 0.2) is 36.4 Å². The molecule has 1 aromatic heterocycles. The van der Waals surface area contributed by atoms with E-state index in [4.69, 9.17) is 14.7 Å². The smallest absolute Gasteiger partial charge is 0.409 e. The van der Waals surface area contributed by atoms with Crippen molar-refractivity contribution in [1.29, 1.82) is 0 Å². The number of hydrogen-bond acceptors (Lipinski definition) is 6. The molecule has 2 aromatic rings. The van der Waals surface area contributed by atoms with E-state index >= 15 is 0 Å². The molecule has 3 rings (SSSR count). The minimum atomic E-state index is -0.221. The van der Waals surface area contributed by atoms with Gasteiger partial charge in [0.2, 0.25) is 0 Å². The molecule has 2 heterocycles. The number of unbranched alkanes of at least 4 members (excludes halogenated alkanes) is 1. The Morgan fingerprint density at radius 1 is 1.14 bits per heavy atom. The number of ether oxygens (including phenoxy) is 1. The molecule has 0 bridgehead atoms. The van der Waals surface area contributed by atoms with Gasteiger partial charge >= 0.3 is 6.09 Å². The number of carbonyl (C=O) groups is 1. The van der Waals surface area contributed by atoms with Crippen molar-refractivity contribution in [3.05, 3.63) is 36.4 Å². The van der Waals surface area contributed by atoms with Gasteiger partial charge in [-0.2, -0.15) is 0 Å². The average Bonchev–Trinajstić information content (AvgIpc) is 2.75. The van der Waals surface area contributed by atoms with Gasteiger partial charge in [0.25, 0.3) is 0 Å². The van der Waals surface area contributed by atoms with Crippen molar-refractivity contribution < 1.29 is 9.53 Å². The molecule has 1 aromatic carbocycles. The molecule has 0 radical (unpaired) electrons. The summed E-state index contributed by atoms with van der Waals surface area (Å²) in [7, 11) is 0. The van der Waals surface area contributed by atoms with Gasteiger partial charge in [0.15, 0.2) is 5.82 Å². The van der Waals surface area contributed by atoms with E-state index in [1.54, 1.807) is 4.90 Å². The molecule has 0 unspecified atom stereocenters. The highest BCUT2D eigenvalue weighted by molar-refractivity contribution is 5.67. The van der Waals surface area contributed by atoms with Crippen LogP contribution in [-0.2, 0) is 4.74 Å². The molecular formula is C22H31N5O2. The van der Waals surface area contributed by atoms with Crippen LogP contribution in [0.3, 0.4) is 0 Å². The maximum Gasteiger partial charge on any atom is 0.409 e. The summed E-state index contributed by atoms with van der Waals surface area (Å²) in [4.78, 5) is 23.1. The molecule has 0 spiro atoms. The Bertz CT molecular complexity index is 776. The molecule has 1 saturated heterocycles. The maximum atomic E-state index is 11.9. The van der Waals surface area contributed by atoms with E-state index in [-0.39, 0.29) is 12.1 Å². The van der Waals surface area contributed by atoms with Crippen LogP contribution >= 0.6 is 0 Å². The number of carbonyl (C=O) groups excluding carboxylic acids is 1. The first-order valence-corrected chi connectivity index (χ1v) is 10.6. The Morgan fingerprint density at radius 2 is 1.86 bits per heavy atom. The van der Waals surface area contributed by atoms with E-state index in [0.717, 1.165) is 49.4 Å². The van der Waals surface area contributed by atoms with Gasteiger partial charge in [0.05, 0.1) is 6.61 Å². The van der Waals surface area contributed by atoms with Crippen LogP contribution in [0.4, 0.5) is 16.4 Å². The predicted molar refractivity (Wildman–Crippen MR) is 116 cm³/mol. The summed E-state index contributed by atoms with van der Waals surface area (Å²) in [5, 5.41) is 6.95. The summed E-state index contributed by atoms with van der Waals surface area (Å²) in [6.45, 7) is 6.68. The predicted octanol–water partition coefficient (Wildman–Crippen LogP) is 4.39. The zero-order chi connectivity index (χ0) is 20.5. The quantitative estimate of drug-likeness (QED) is 0.643. The van der Waals surface area contributed by atoms with E-state index in [9.17, 15) is 4.79 Å². The first kappa shape index (κ1) is 20.9. The Morgan fingerprint density at radius 3 is 2.55 bits per heavy atom. The van der Waals surface area contributed by atoms with E-state index in [0.29, 0.717) is 25.5 Å². The van der Waals surface area contributed by atoms with Crippen molar-refractivity contribution in [2.24, 2.45) is 0 Å². The van der Waals surface area contributed by atoms with Crippen molar-refractivity contribution in [2.45, 2.75) is 45.6 Å². The van der Waals surface area contributed by atoms with Gasteiger partial charge < -0.3 is 20.3 Å². The minimum absolute atomic E-state index is 0.221. The fourth-order valence-corrected chi connectivity index (χ4v) is 3.35. The van der Waals surface area contributed by atoms with Crippen LogP contribution in [-0.4, -0.2) is 53.2 Å². The van der Waals surface area contributed by atoms with E-state index in [2.05, 4.69) is 17.6 Å². The molecule has 156 valence electrons. The fraction of sp³-hybridized carbons (Fsp3) is 0.500. The number of likely N-dealkylation sites (tertiary alicyclic amines) is 1. The van der Waals surface area contributed by atoms with Crippen molar-refractivity contribution in [3.8, 4) is 11.4 Å². The molecule has 0 saturated carbocycles. The number of benzene rings is 1.